The summed E-state index contributed by atoms with van der Waals surface area (Å²) < 4.78 is 13.0. The van der Waals surface area contributed by atoms with E-state index in [-0.39, 0.29) is 24.1 Å². The second-order valence-electron chi connectivity index (χ2n) is 11.2. The summed E-state index contributed by atoms with van der Waals surface area (Å²) >= 11 is 0. The molecule has 1 fully saturated rings. The zero-order valence-electron chi connectivity index (χ0n) is 20.0. The fourth-order valence-electron chi connectivity index (χ4n) is 3.92. The van der Waals surface area contributed by atoms with Gasteiger partial charge in [-0.1, -0.05) is 53.6 Å². The Labute approximate surface area is 176 Å². The van der Waals surface area contributed by atoms with Crippen LogP contribution in [0.4, 0.5) is 4.79 Å². The summed E-state index contributed by atoms with van der Waals surface area (Å²) in [6.45, 7) is 22.8. The summed E-state index contributed by atoms with van der Waals surface area (Å²) in [5.74, 6) is -0.196. The average Bonchev–Trinajstić information content (AvgIpc) is 2.81. The highest BCUT2D eigenvalue weighted by Crippen LogP contribution is 2.52. The number of nitrogens with zero attached hydrogens (tertiary/aromatic N) is 4. The molecule has 3 atom stereocenters. The molecule has 1 aliphatic heterocycles. The largest absolute Gasteiger partial charge is 0.465 e. The van der Waals surface area contributed by atoms with Gasteiger partial charge >= 0.3 is 6.09 Å². The van der Waals surface area contributed by atoms with Gasteiger partial charge in [0.05, 0.1) is 12.7 Å². The Morgan fingerprint density at radius 1 is 1.31 bits per heavy atom. The van der Waals surface area contributed by atoms with Crippen LogP contribution in [0.3, 0.4) is 0 Å². The van der Waals surface area contributed by atoms with Gasteiger partial charge < -0.3 is 14.3 Å². The lowest BCUT2D eigenvalue weighted by atomic mass is 9.66. The van der Waals surface area contributed by atoms with E-state index in [0.717, 1.165) is 0 Å². The topological polar surface area (TPSA) is 108 Å². The van der Waals surface area contributed by atoms with Crippen LogP contribution in [0.2, 0.25) is 18.1 Å². The molecule has 1 N–H and O–H groups in total. The van der Waals surface area contributed by atoms with Gasteiger partial charge in [-0.3, -0.25) is 4.90 Å². The first-order chi connectivity index (χ1) is 12.8. The number of amides is 1. The molecule has 1 amide bonds. The lowest BCUT2D eigenvalue weighted by Crippen LogP contribution is -2.70. The molecule has 0 aromatic carbocycles. The van der Waals surface area contributed by atoms with Gasteiger partial charge in [0, 0.05) is 11.5 Å². The predicted molar refractivity (Wildman–Crippen MR) is 117 cm³/mol. The molecule has 0 radical (unpaired) electrons. The normalized spacial score (nSPS) is 24.7. The zero-order valence-corrected chi connectivity index (χ0v) is 21.0. The van der Waals surface area contributed by atoms with Gasteiger partial charge in [0.25, 0.3) is 0 Å². The molecule has 0 spiro atoms. The summed E-state index contributed by atoms with van der Waals surface area (Å²) in [4.78, 5) is 16.9. The minimum absolute atomic E-state index is 0.0639. The minimum Gasteiger partial charge on any atom is -0.465 e. The first-order valence-corrected chi connectivity index (χ1v) is 13.1. The van der Waals surface area contributed by atoms with E-state index in [1.807, 2.05) is 27.7 Å². The molecular weight excluding hydrogens is 388 g/mol. The van der Waals surface area contributed by atoms with Crippen molar-refractivity contribution in [1.82, 2.24) is 4.90 Å². The number of hydrogen-bond acceptors (Lipinski definition) is 4. The number of ether oxygens (including phenoxy) is 1. The van der Waals surface area contributed by atoms with E-state index in [2.05, 4.69) is 43.9 Å². The second kappa shape index (κ2) is 8.10. The highest BCUT2D eigenvalue weighted by molar-refractivity contribution is 6.74. The quantitative estimate of drug-likeness (QED) is 0.247. The van der Waals surface area contributed by atoms with Crippen LogP contribution in [0.5, 0.6) is 0 Å². The molecule has 0 unspecified atom stereocenters. The summed E-state index contributed by atoms with van der Waals surface area (Å²) in [5.41, 5.74) is 6.44. The van der Waals surface area contributed by atoms with E-state index in [1.54, 1.807) is 13.8 Å². The van der Waals surface area contributed by atoms with E-state index in [0.29, 0.717) is 0 Å². The Hall–Kier alpha value is -1.28. The number of carboxylic acid groups (broad SMARTS) is 1. The van der Waals surface area contributed by atoms with E-state index in [1.165, 1.54) is 4.90 Å². The Morgan fingerprint density at radius 3 is 2.21 bits per heavy atom. The molecule has 8 nitrogen and oxygen atoms in total. The van der Waals surface area contributed by atoms with Crippen LogP contribution in [0, 0.1) is 11.3 Å². The van der Waals surface area contributed by atoms with Gasteiger partial charge in [-0.05, 0) is 48.8 Å². The number of azide groups is 1. The molecule has 1 saturated heterocycles. The van der Waals surface area contributed by atoms with Crippen molar-refractivity contribution in [3.63, 3.8) is 0 Å². The average molecular weight is 429 g/mol. The van der Waals surface area contributed by atoms with Gasteiger partial charge in [-0.25, -0.2) is 4.79 Å². The van der Waals surface area contributed by atoms with Gasteiger partial charge in [-0.15, -0.1) is 0 Å². The summed E-state index contributed by atoms with van der Waals surface area (Å²) in [6, 6.07) is 0. The number of rotatable bonds is 6. The maximum Gasteiger partial charge on any atom is 0.410 e. The van der Waals surface area contributed by atoms with Crippen LogP contribution in [0.15, 0.2) is 5.11 Å². The predicted octanol–water partition coefficient (Wildman–Crippen LogP) is 5.85. The Balaban J connectivity index is 3.74. The molecule has 0 aliphatic carbocycles. The lowest BCUT2D eigenvalue weighted by molar-refractivity contribution is -0.0993. The van der Waals surface area contributed by atoms with Gasteiger partial charge in [0.1, 0.15) is 11.3 Å². The Kier molecular flexibility index (Phi) is 7.19. The molecule has 0 saturated carbocycles. The van der Waals surface area contributed by atoms with Crippen molar-refractivity contribution in [2.75, 3.05) is 13.2 Å². The molecule has 1 heterocycles. The van der Waals surface area contributed by atoms with Gasteiger partial charge in [0.15, 0.2) is 8.32 Å². The highest BCUT2D eigenvalue weighted by Gasteiger charge is 2.65. The van der Waals surface area contributed by atoms with Crippen molar-refractivity contribution in [3.8, 4) is 0 Å². The molecule has 29 heavy (non-hydrogen) atoms. The van der Waals surface area contributed by atoms with Crippen molar-refractivity contribution in [1.29, 1.82) is 0 Å². The highest BCUT2D eigenvalue weighted by atomic mass is 28.4. The van der Waals surface area contributed by atoms with E-state index >= 15 is 0 Å². The molecule has 168 valence electrons. The van der Waals surface area contributed by atoms with Crippen molar-refractivity contribution >= 4 is 14.4 Å². The lowest BCUT2D eigenvalue weighted by Gasteiger charge is -2.56. The molecular formula is C20H40N4O4Si. The standard InChI is InChI=1S/C20H40N4O4Si/c1-14(12-22-23-21)15(28-29(10,11)18(5,6)7)20(17(2,3)4)13-27-19(8,9)24(20)16(25)26/h14-15H,12-13H2,1-11H3,(H,25,26)/t14-,15+,20+/m0/s1. The van der Waals surface area contributed by atoms with Crippen LogP contribution in [-0.2, 0) is 9.16 Å². The molecule has 1 aliphatic rings. The maximum atomic E-state index is 12.5. The molecule has 0 aromatic heterocycles. The van der Waals surface area contributed by atoms with Crippen LogP contribution in [-0.4, -0.2) is 54.9 Å². The molecule has 0 bridgehead atoms. The van der Waals surface area contributed by atoms with E-state index in [9.17, 15) is 9.90 Å². The first kappa shape index (κ1) is 25.8. The third kappa shape index (κ3) is 4.73. The third-order valence-electron chi connectivity index (χ3n) is 6.72. The Morgan fingerprint density at radius 2 is 1.83 bits per heavy atom. The fourth-order valence-corrected chi connectivity index (χ4v) is 5.34. The Bertz CT molecular complexity index is 662. The van der Waals surface area contributed by atoms with Crippen molar-refractivity contribution in [2.24, 2.45) is 16.4 Å². The van der Waals surface area contributed by atoms with Crippen LogP contribution >= 0.6 is 0 Å². The van der Waals surface area contributed by atoms with E-state index in [4.69, 9.17) is 14.7 Å². The molecule has 9 heteroatoms. The third-order valence-corrected chi connectivity index (χ3v) is 11.2. The van der Waals surface area contributed by atoms with Crippen molar-refractivity contribution in [2.45, 2.75) is 97.8 Å². The monoisotopic (exact) mass is 428 g/mol. The van der Waals surface area contributed by atoms with Crippen molar-refractivity contribution in [3.05, 3.63) is 10.4 Å². The smallest absolute Gasteiger partial charge is 0.410 e. The van der Waals surface area contributed by atoms with E-state index < -0.39 is 37.2 Å². The molecule has 0 aromatic rings. The maximum absolute atomic E-state index is 12.5. The summed E-state index contributed by atoms with van der Waals surface area (Å²) in [5, 5.41) is 14.0. The zero-order chi connectivity index (χ0) is 23.1. The SMILES string of the molecule is C[C@@H](CN=[N+]=[N-])[C@@H](O[Si](C)(C)C(C)(C)C)[C@@]1(C(C)(C)C)COC(C)(C)N1C(=O)O. The molecule has 1 rings (SSSR count). The van der Waals surface area contributed by atoms with Crippen molar-refractivity contribution < 1.29 is 19.1 Å². The van der Waals surface area contributed by atoms with Crippen LogP contribution in [0.25, 0.3) is 10.4 Å². The number of hydrogen-bond donors (Lipinski definition) is 1. The first-order valence-electron chi connectivity index (χ1n) is 10.2. The minimum atomic E-state index is -2.28. The van der Waals surface area contributed by atoms with Crippen LogP contribution in [0.1, 0.15) is 62.3 Å². The summed E-state index contributed by atoms with van der Waals surface area (Å²) in [6.07, 6.45) is -1.53. The fraction of sp³-hybridized carbons (Fsp3) is 0.950. The number of carbonyl (C=O) groups is 1. The van der Waals surface area contributed by atoms with Gasteiger partial charge in [-0.2, -0.15) is 0 Å². The second-order valence-corrected chi connectivity index (χ2v) is 16.0. The van der Waals surface area contributed by atoms with Gasteiger partial charge in [0.2, 0.25) is 0 Å². The van der Waals surface area contributed by atoms with Crippen LogP contribution < -0.4 is 0 Å². The summed E-state index contributed by atoms with van der Waals surface area (Å²) in [7, 11) is -2.28.